The van der Waals surface area contributed by atoms with E-state index in [1.165, 1.54) is 22.3 Å². The Hall–Kier alpha value is -2.86. The predicted molar refractivity (Wildman–Crippen MR) is 96.0 cm³/mol. The molecule has 0 N–H and O–H groups in total. The fourth-order valence-corrected chi connectivity index (χ4v) is 2.25. The summed E-state index contributed by atoms with van der Waals surface area (Å²) in [5, 5.41) is 0. The summed E-state index contributed by atoms with van der Waals surface area (Å²) in [6.45, 7) is 0. The van der Waals surface area contributed by atoms with Gasteiger partial charge in [-0.05, 0) is 34.4 Å². The molecule has 0 bridgehead atoms. The molecule has 105 valence electrons. The second-order valence-electron chi connectivity index (χ2n) is 5.04. The molecule has 0 nitrogen and oxygen atoms in total. The molecule has 0 heterocycles. The SMILES string of the molecule is [c]1ccc(/C=C/c2ccccc2)c(/C=C/c2ccccc2)c1. The molecule has 1 radical (unpaired) electrons. The van der Waals surface area contributed by atoms with Gasteiger partial charge < -0.3 is 0 Å². The Morgan fingerprint density at radius 3 is 1.68 bits per heavy atom. The Morgan fingerprint density at radius 1 is 0.545 bits per heavy atom. The highest BCUT2D eigenvalue weighted by atomic mass is 14.0. The maximum Gasteiger partial charge on any atom is -0.0177 e. The molecule has 3 aromatic rings. The van der Waals surface area contributed by atoms with Crippen molar-refractivity contribution in [2.24, 2.45) is 0 Å². The minimum atomic E-state index is 1.17. The Bertz CT molecular complexity index is 697. The number of rotatable bonds is 4. The largest absolute Gasteiger partial charge is 0.0622 e. The van der Waals surface area contributed by atoms with Crippen LogP contribution >= 0.6 is 0 Å². The van der Waals surface area contributed by atoms with Gasteiger partial charge in [0.15, 0.2) is 0 Å². The van der Waals surface area contributed by atoms with E-state index in [2.05, 4.69) is 72.8 Å². The third-order valence-electron chi connectivity index (χ3n) is 3.44. The first-order valence-electron chi connectivity index (χ1n) is 7.38. The lowest BCUT2D eigenvalue weighted by Gasteiger charge is -2.01. The van der Waals surface area contributed by atoms with Gasteiger partial charge in [-0.1, -0.05) is 97.1 Å². The van der Waals surface area contributed by atoms with Crippen LogP contribution in [0.2, 0.25) is 0 Å². The maximum atomic E-state index is 3.15. The molecule has 0 aliphatic rings. The summed E-state index contributed by atoms with van der Waals surface area (Å²) in [6, 6.07) is 29.9. The highest BCUT2D eigenvalue weighted by Crippen LogP contribution is 2.16. The van der Waals surface area contributed by atoms with Gasteiger partial charge in [-0.3, -0.25) is 0 Å². The summed E-state index contributed by atoms with van der Waals surface area (Å²) in [4.78, 5) is 0. The summed E-state index contributed by atoms with van der Waals surface area (Å²) in [6.07, 6.45) is 8.54. The van der Waals surface area contributed by atoms with Crippen molar-refractivity contribution in [2.45, 2.75) is 0 Å². The minimum absolute atomic E-state index is 1.17. The molecule has 0 saturated heterocycles. The monoisotopic (exact) mass is 281 g/mol. The Kier molecular flexibility index (Phi) is 4.63. The first-order chi connectivity index (χ1) is 10.9. The molecule has 0 aliphatic heterocycles. The van der Waals surface area contributed by atoms with E-state index in [0.29, 0.717) is 0 Å². The zero-order chi connectivity index (χ0) is 15.0. The standard InChI is InChI=1S/C22H17/c1-3-9-19(10-4-1)15-17-21-13-7-8-14-22(21)18-16-20-11-5-2-6-12-20/h1-7,9-18H/b17-15+,18-16+. The van der Waals surface area contributed by atoms with Crippen molar-refractivity contribution in [3.63, 3.8) is 0 Å². The van der Waals surface area contributed by atoms with Crippen LogP contribution in [-0.2, 0) is 0 Å². The normalized spacial score (nSPS) is 11.3. The predicted octanol–water partition coefficient (Wildman–Crippen LogP) is 5.83. The highest BCUT2D eigenvalue weighted by molar-refractivity contribution is 5.79. The minimum Gasteiger partial charge on any atom is -0.0622 e. The summed E-state index contributed by atoms with van der Waals surface area (Å²) in [5.74, 6) is 0. The van der Waals surface area contributed by atoms with E-state index in [-0.39, 0.29) is 0 Å². The van der Waals surface area contributed by atoms with Crippen LogP contribution in [0.1, 0.15) is 22.3 Å². The number of hydrogen-bond donors (Lipinski definition) is 0. The van der Waals surface area contributed by atoms with Crippen LogP contribution in [0.25, 0.3) is 24.3 Å². The van der Waals surface area contributed by atoms with Gasteiger partial charge in [-0.15, -0.1) is 0 Å². The maximum absolute atomic E-state index is 3.15. The van der Waals surface area contributed by atoms with Crippen LogP contribution in [-0.4, -0.2) is 0 Å². The van der Waals surface area contributed by atoms with Crippen LogP contribution in [0.5, 0.6) is 0 Å². The third-order valence-corrected chi connectivity index (χ3v) is 3.44. The van der Waals surface area contributed by atoms with E-state index in [1.54, 1.807) is 0 Å². The molecule has 0 aliphatic carbocycles. The molecule has 0 spiro atoms. The molecular weight excluding hydrogens is 264 g/mol. The first kappa shape index (κ1) is 14.1. The molecule has 0 fully saturated rings. The topological polar surface area (TPSA) is 0 Å². The Morgan fingerprint density at radius 2 is 1.09 bits per heavy atom. The van der Waals surface area contributed by atoms with E-state index in [9.17, 15) is 0 Å². The van der Waals surface area contributed by atoms with E-state index in [0.717, 1.165) is 0 Å². The molecule has 0 heteroatoms. The second kappa shape index (κ2) is 7.24. The van der Waals surface area contributed by atoms with Crippen molar-refractivity contribution in [1.82, 2.24) is 0 Å². The lowest BCUT2D eigenvalue weighted by molar-refractivity contribution is 1.60. The van der Waals surface area contributed by atoms with Crippen molar-refractivity contribution in [3.8, 4) is 0 Å². The Balaban J connectivity index is 1.84. The van der Waals surface area contributed by atoms with Gasteiger partial charge in [0.2, 0.25) is 0 Å². The Labute approximate surface area is 132 Å². The summed E-state index contributed by atoms with van der Waals surface area (Å²) < 4.78 is 0. The van der Waals surface area contributed by atoms with E-state index in [4.69, 9.17) is 0 Å². The number of hydrogen-bond acceptors (Lipinski definition) is 0. The summed E-state index contributed by atoms with van der Waals surface area (Å²) in [5.41, 5.74) is 4.76. The van der Waals surface area contributed by atoms with E-state index >= 15 is 0 Å². The van der Waals surface area contributed by atoms with Crippen LogP contribution in [0.15, 0.2) is 78.9 Å². The summed E-state index contributed by atoms with van der Waals surface area (Å²) >= 11 is 0. The smallest absolute Gasteiger partial charge is 0.0177 e. The first-order valence-corrected chi connectivity index (χ1v) is 7.38. The van der Waals surface area contributed by atoms with Crippen molar-refractivity contribution < 1.29 is 0 Å². The van der Waals surface area contributed by atoms with Crippen LogP contribution in [0.3, 0.4) is 0 Å². The van der Waals surface area contributed by atoms with Gasteiger partial charge in [-0.25, -0.2) is 0 Å². The molecule has 3 aromatic carbocycles. The van der Waals surface area contributed by atoms with Crippen molar-refractivity contribution in [1.29, 1.82) is 0 Å². The zero-order valence-electron chi connectivity index (χ0n) is 12.3. The van der Waals surface area contributed by atoms with Crippen LogP contribution in [0, 0.1) is 6.07 Å². The van der Waals surface area contributed by atoms with Gasteiger partial charge >= 0.3 is 0 Å². The van der Waals surface area contributed by atoms with Crippen molar-refractivity contribution >= 4 is 24.3 Å². The van der Waals surface area contributed by atoms with Crippen molar-refractivity contribution in [3.05, 3.63) is 107 Å². The molecule has 0 amide bonds. The number of benzene rings is 3. The van der Waals surface area contributed by atoms with Crippen LogP contribution < -0.4 is 0 Å². The highest BCUT2D eigenvalue weighted by Gasteiger charge is 1.95. The average Bonchev–Trinajstić information content (AvgIpc) is 2.61. The lowest BCUT2D eigenvalue weighted by Crippen LogP contribution is -1.80. The molecule has 0 unspecified atom stereocenters. The molecule has 0 aromatic heterocycles. The zero-order valence-corrected chi connectivity index (χ0v) is 12.3. The van der Waals surface area contributed by atoms with Gasteiger partial charge in [-0.2, -0.15) is 0 Å². The fraction of sp³-hybridized carbons (Fsp3) is 0. The lowest BCUT2D eigenvalue weighted by atomic mass is 10.0. The molecular formula is C22H17. The van der Waals surface area contributed by atoms with E-state index < -0.39 is 0 Å². The molecule has 22 heavy (non-hydrogen) atoms. The second-order valence-corrected chi connectivity index (χ2v) is 5.04. The fourth-order valence-electron chi connectivity index (χ4n) is 2.25. The molecule has 0 saturated carbocycles. The van der Waals surface area contributed by atoms with Gasteiger partial charge in [0.1, 0.15) is 0 Å². The molecule has 0 atom stereocenters. The van der Waals surface area contributed by atoms with Gasteiger partial charge in [0, 0.05) is 0 Å². The summed E-state index contributed by atoms with van der Waals surface area (Å²) in [7, 11) is 0. The average molecular weight is 281 g/mol. The van der Waals surface area contributed by atoms with E-state index in [1.807, 2.05) is 36.4 Å². The van der Waals surface area contributed by atoms with Crippen LogP contribution in [0.4, 0.5) is 0 Å². The molecule has 3 rings (SSSR count). The van der Waals surface area contributed by atoms with Gasteiger partial charge in [0.05, 0.1) is 0 Å². The van der Waals surface area contributed by atoms with Crippen molar-refractivity contribution in [2.75, 3.05) is 0 Å². The third kappa shape index (κ3) is 3.83. The quantitative estimate of drug-likeness (QED) is 0.528. The van der Waals surface area contributed by atoms with Gasteiger partial charge in [0.25, 0.3) is 0 Å².